The molecule has 0 saturated heterocycles. The van der Waals surface area contributed by atoms with Crippen LogP contribution in [0.4, 0.5) is 0 Å². The molecule has 25 heavy (non-hydrogen) atoms. The number of halogens is 3. The summed E-state index contributed by atoms with van der Waals surface area (Å²) in [5.74, 6) is -0.881. The van der Waals surface area contributed by atoms with E-state index in [4.69, 9.17) is 48.4 Å². The summed E-state index contributed by atoms with van der Waals surface area (Å²) in [6, 6.07) is 2.88. The number of amides is 1. The first-order chi connectivity index (χ1) is 11.8. The van der Waals surface area contributed by atoms with Gasteiger partial charge in [0.1, 0.15) is 0 Å². The Balaban J connectivity index is 3.23. The van der Waals surface area contributed by atoms with Crippen LogP contribution in [0.1, 0.15) is 25.3 Å². The first kappa shape index (κ1) is 22.3. The molecule has 0 aliphatic rings. The number of nitrogens with one attached hydrogen (secondary N) is 1. The van der Waals surface area contributed by atoms with E-state index in [0.717, 1.165) is 27.1 Å². The highest BCUT2D eigenvalue weighted by atomic mass is 35.5. The molecule has 0 bridgehead atoms. The molecule has 1 N–H and O–H groups in total. The van der Waals surface area contributed by atoms with Gasteiger partial charge in [-0.2, -0.15) is 0 Å². The van der Waals surface area contributed by atoms with Crippen molar-refractivity contribution in [1.29, 1.82) is 0 Å². The zero-order chi connectivity index (χ0) is 19.0. The molecule has 0 fully saturated rings. The Labute approximate surface area is 162 Å². The predicted molar refractivity (Wildman–Crippen MR) is 100 cm³/mol. The Morgan fingerprint density at radius 2 is 1.76 bits per heavy atom. The van der Waals surface area contributed by atoms with Crippen LogP contribution in [0.15, 0.2) is 17.9 Å². The molecule has 0 unspecified atom stereocenters. The number of benzene rings is 1. The van der Waals surface area contributed by atoms with Gasteiger partial charge in [-0.05, 0) is 30.2 Å². The number of phosphoric acid groups is 1. The molecular formula is C15H19Cl3NO5P. The van der Waals surface area contributed by atoms with Crippen molar-refractivity contribution in [3.05, 3.63) is 38.5 Å². The summed E-state index contributed by atoms with van der Waals surface area (Å²) in [7, 11) is -1.65. The van der Waals surface area contributed by atoms with Crippen LogP contribution in [0.2, 0.25) is 15.1 Å². The first-order valence-corrected chi connectivity index (χ1v) is 9.91. The average molecular weight is 431 g/mol. The minimum absolute atomic E-state index is 0.238. The van der Waals surface area contributed by atoms with Gasteiger partial charge in [-0.15, -0.1) is 0 Å². The molecule has 140 valence electrons. The van der Waals surface area contributed by atoms with Crippen LogP contribution >= 0.6 is 42.6 Å². The molecule has 6 nitrogen and oxygen atoms in total. The molecule has 0 aliphatic carbocycles. The zero-order valence-corrected chi connectivity index (χ0v) is 17.1. The van der Waals surface area contributed by atoms with Crippen LogP contribution in [0.5, 0.6) is 0 Å². The van der Waals surface area contributed by atoms with E-state index in [2.05, 4.69) is 5.32 Å². The van der Waals surface area contributed by atoms with Crippen molar-refractivity contribution in [1.82, 2.24) is 5.32 Å². The molecule has 0 heterocycles. The Morgan fingerprint density at radius 1 is 1.16 bits per heavy atom. The Hall–Kier alpha value is -0.750. The lowest BCUT2D eigenvalue weighted by Gasteiger charge is -2.17. The number of rotatable bonds is 9. The fraction of sp³-hybridized carbons (Fsp3) is 0.400. The summed E-state index contributed by atoms with van der Waals surface area (Å²) in [6.45, 7) is 2.41. The number of unbranched alkanes of at least 4 members (excludes halogenated alkanes) is 1. The van der Waals surface area contributed by atoms with E-state index in [-0.39, 0.29) is 20.8 Å². The molecule has 0 radical (unpaired) electrons. The lowest BCUT2D eigenvalue weighted by Crippen LogP contribution is -2.26. The van der Waals surface area contributed by atoms with Gasteiger partial charge >= 0.3 is 7.82 Å². The molecule has 1 aromatic rings. The van der Waals surface area contributed by atoms with Gasteiger partial charge < -0.3 is 9.84 Å². The summed E-state index contributed by atoms with van der Waals surface area (Å²) in [5, 5.41) is 3.39. The van der Waals surface area contributed by atoms with Gasteiger partial charge in [0.05, 0.1) is 10.0 Å². The van der Waals surface area contributed by atoms with Crippen LogP contribution in [-0.4, -0.2) is 26.7 Å². The van der Waals surface area contributed by atoms with Crippen LogP contribution in [-0.2, 0) is 22.9 Å². The first-order valence-electron chi connectivity index (χ1n) is 7.31. The number of carbonyl (C=O) groups excluding carboxylic acids is 1. The van der Waals surface area contributed by atoms with Crippen LogP contribution in [0.3, 0.4) is 0 Å². The molecule has 0 aromatic heterocycles. The van der Waals surface area contributed by atoms with E-state index >= 15 is 0 Å². The van der Waals surface area contributed by atoms with Gasteiger partial charge in [0, 0.05) is 25.8 Å². The van der Waals surface area contributed by atoms with Gasteiger partial charge in [0.25, 0.3) is 5.91 Å². The quantitative estimate of drug-likeness (QED) is 0.189. The average Bonchev–Trinajstić information content (AvgIpc) is 2.58. The van der Waals surface area contributed by atoms with Gasteiger partial charge in [-0.1, -0.05) is 48.1 Å². The topological polar surface area (TPSA) is 73.9 Å². The summed E-state index contributed by atoms with van der Waals surface area (Å²) >= 11 is 18.0. The molecule has 1 amide bonds. The van der Waals surface area contributed by atoms with Crippen molar-refractivity contribution in [2.24, 2.45) is 0 Å². The molecule has 0 saturated carbocycles. The second-order valence-electron chi connectivity index (χ2n) is 4.81. The van der Waals surface area contributed by atoms with Crippen LogP contribution in [0, 0.1) is 0 Å². The second-order valence-corrected chi connectivity index (χ2v) is 7.84. The van der Waals surface area contributed by atoms with Crippen molar-refractivity contribution >= 4 is 54.6 Å². The molecule has 0 spiro atoms. The number of phosphoric ester groups is 1. The van der Waals surface area contributed by atoms with Crippen molar-refractivity contribution in [2.45, 2.75) is 19.8 Å². The largest absolute Gasteiger partial charge is 0.529 e. The van der Waals surface area contributed by atoms with Crippen LogP contribution in [0.25, 0.3) is 6.08 Å². The van der Waals surface area contributed by atoms with Crippen molar-refractivity contribution < 1.29 is 22.9 Å². The molecule has 10 heteroatoms. The highest BCUT2D eigenvalue weighted by Crippen LogP contribution is 2.50. The summed E-state index contributed by atoms with van der Waals surface area (Å²) < 4.78 is 26.8. The Bertz CT molecular complexity index is 688. The SMILES string of the molecule is CCCCNC(=O)/C(=C\c1cc(Cl)c(Cl)cc1Cl)OP(=O)(OC)OC. The lowest BCUT2D eigenvalue weighted by molar-refractivity contribution is -0.119. The molecule has 1 aromatic carbocycles. The highest BCUT2D eigenvalue weighted by molar-refractivity contribution is 7.48. The van der Waals surface area contributed by atoms with E-state index in [0.29, 0.717) is 12.1 Å². The van der Waals surface area contributed by atoms with Crippen LogP contribution < -0.4 is 5.32 Å². The Morgan fingerprint density at radius 3 is 2.32 bits per heavy atom. The highest BCUT2D eigenvalue weighted by Gasteiger charge is 2.29. The summed E-state index contributed by atoms with van der Waals surface area (Å²) in [5.41, 5.74) is 0.357. The number of hydrogen-bond acceptors (Lipinski definition) is 5. The Kier molecular flexibility index (Phi) is 9.28. The van der Waals surface area contributed by atoms with Crippen molar-refractivity contribution in [3.8, 4) is 0 Å². The maximum atomic E-state index is 12.4. The maximum Gasteiger partial charge on any atom is 0.529 e. The van der Waals surface area contributed by atoms with E-state index in [1.165, 1.54) is 18.2 Å². The molecule has 0 aliphatic heterocycles. The minimum Gasteiger partial charge on any atom is -0.398 e. The van der Waals surface area contributed by atoms with E-state index in [9.17, 15) is 9.36 Å². The maximum absolute atomic E-state index is 12.4. The lowest BCUT2D eigenvalue weighted by atomic mass is 10.2. The van der Waals surface area contributed by atoms with E-state index in [1.54, 1.807) is 0 Å². The van der Waals surface area contributed by atoms with Crippen molar-refractivity contribution in [2.75, 3.05) is 20.8 Å². The van der Waals surface area contributed by atoms with E-state index in [1.807, 2.05) is 6.92 Å². The third kappa shape index (κ3) is 6.81. The summed E-state index contributed by atoms with van der Waals surface area (Å²) in [4.78, 5) is 12.4. The van der Waals surface area contributed by atoms with Gasteiger partial charge in [-0.25, -0.2) is 4.57 Å². The number of carbonyl (C=O) groups is 1. The second kappa shape index (κ2) is 10.4. The smallest absolute Gasteiger partial charge is 0.398 e. The van der Waals surface area contributed by atoms with E-state index < -0.39 is 13.7 Å². The molecule has 0 atom stereocenters. The summed E-state index contributed by atoms with van der Waals surface area (Å²) in [6.07, 6.45) is 2.96. The third-order valence-corrected chi connectivity index (χ3v) is 5.39. The minimum atomic E-state index is -3.93. The van der Waals surface area contributed by atoms with Crippen molar-refractivity contribution in [3.63, 3.8) is 0 Å². The monoisotopic (exact) mass is 429 g/mol. The number of hydrogen-bond donors (Lipinski definition) is 1. The van der Waals surface area contributed by atoms with Gasteiger partial charge in [0.2, 0.25) is 0 Å². The third-order valence-electron chi connectivity index (χ3n) is 3.02. The standard InChI is InChI=1S/C15H19Cl3NO5P/c1-4-5-6-19-15(20)14(24-25(21,22-2)23-3)8-10-7-12(17)13(18)9-11(10)16/h7-9H,4-6H2,1-3H3,(H,19,20)/b14-8+. The fourth-order valence-electron chi connectivity index (χ4n) is 1.66. The normalized spacial score (nSPS) is 12.2. The van der Waals surface area contributed by atoms with Gasteiger partial charge in [-0.3, -0.25) is 13.8 Å². The van der Waals surface area contributed by atoms with Gasteiger partial charge in [0.15, 0.2) is 5.76 Å². The molecular weight excluding hydrogens is 412 g/mol. The fourth-order valence-corrected chi connectivity index (χ4v) is 2.94. The zero-order valence-electron chi connectivity index (χ0n) is 14.0. The predicted octanol–water partition coefficient (Wildman–Crippen LogP) is 5.32. The molecule has 1 rings (SSSR count).